The zero-order valence-electron chi connectivity index (χ0n) is 12.9. The third-order valence-corrected chi connectivity index (χ3v) is 3.18. The Bertz CT molecular complexity index is 627. The van der Waals surface area contributed by atoms with E-state index in [9.17, 15) is 4.79 Å². The molecule has 0 unspecified atom stereocenters. The minimum atomic E-state index is -0.315. The maximum Gasteiger partial charge on any atom is 0.331 e. The van der Waals surface area contributed by atoms with Gasteiger partial charge in [0.2, 0.25) is 0 Å². The van der Waals surface area contributed by atoms with Gasteiger partial charge in [-0.1, -0.05) is 42.5 Å². The SMILES string of the molecule is CCOC(=O)/C=C(\C)c1ccc(OCc2ccccc2)cc1. The topological polar surface area (TPSA) is 35.5 Å². The van der Waals surface area contributed by atoms with Crippen molar-refractivity contribution in [1.29, 1.82) is 0 Å². The van der Waals surface area contributed by atoms with E-state index >= 15 is 0 Å². The monoisotopic (exact) mass is 296 g/mol. The molecular weight excluding hydrogens is 276 g/mol. The van der Waals surface area contributed by atoms with Crippen molar-refractivity contribution in [2.24, 2.45) is 0 Å². The van der Waals surface area contributed by atoms with Crippen LogP contribution in [0.15, 0.2) is 60.7 Å². The van der Waals surface area contributed by atoms with E-state index in [1.165, 1.54) is 6.08 Å². The molecule has 0 aromatic heterocycles. The summed E-state index contributed by atoms with van der Waals surface area (Å²) in [4.78, 5) is 11.4. The Labute approximate surface area is 131 Å². The van der Waals surface area contributed by atoms with Crippen molar-refractivity contribution < 1.29 is 14.3 Å². The van der Waals surface area contributed by atoms with Crippen LogP contribution in [-0.2, 0) is 16.1 Å². The van der Waals surface area contributed by atoms with Crippen molar-refractivity contribution >= 4 is 11.5 Å². The molecule has 0 atom stereocenters. The van der Waals surface area contributed by atoms with Gasteiger partial charge in [-0.05, 0) is 42.7 Å². The lowest BCUT2D eigenvalue weighted by molar-refractivity contribution is -0.137. The number of esters is 1. The molecule has 3 nitrogen and oxygen atoms in total. The van der Waals surface area contributed by atoms with Gasteiger partial charge < -0.3 is 9.47 Å². The summed E-state index contributed by atoms with van der Waals surface area (Å²) in [7, 11) is 0. The van der Waals surface area contributed by atoms with Crippen LogP contribution in [0, 0.1) is 0 Å². The first kappa shape index (κ1) is 15.8. The molecule has 0 N–H and O–H groups in total. The minimum Gasteiger partial charge on any atom is -0.489 e. The number of ether oxygens (including phenoxy) is 2. The predicted molar refractivity (Wildman–Crippen MR) is 87.5 cm³/mol. The lowest BCUT2D eigenvalue weighted by Gasteiger charge is -2.08. The number of hydrogen-bond donors (Lipinski definition) is 0. The van der Waals surface area contributed by atoms with Crippen LogP contribution in [0.4, 0.5) is 0 Å². The molecule has 3 heteroatoms. The second-order valence-electron chi connectivity index (χ2n) is 4.88. The van der Waals surface area contributed by atoms with Crippen LogP contribution < -0.4 is 4.74 Å². The summed E-state index contributed by atoms with van der Waals surface area (Å²) in [5.41, 5.74) is 2.97. The molecule has 0 aliphatic carbocycles. The first-order valence-electron chi connectivity index (χ1n) is 7.31. The Hall–Kier alpha value is -2.55. The molecule has 0 amide bonds. The largest absolute Gasteiger partial charge is 0.489 e. The number of carbonyl (C=O) groups excluding carboxylic acids is 1. The Morgan fingerprint density at radius 2 is 1.73 bits per heavy atom. The summed E-state index contributed by atoms with van der Waals surface area (Å²) < 4.78 is 10.6. The van der Waals surface area contributed by atoms with E-state index in [4.69, 9.17) is 9.47 Å². The van der Waals surface area contributed by atoms with Crippen molar-refractivity contribution in [1.82, 2.24) is 0 Å². The summed E-state index contributed by atoms with van der Waals surface area (Å²) in [6.45, 7) is 4.60. The highest BCUT2D eigenvalue weighted by Crippen LogP contribution is 2.19. The molecule has 2 aromatic rings. The van der Waals surface area contributed by atoms with E-state index < -0.39 is 0 Å². The number of carbonyl (C=O) groups is 1. The normalized spacial score (nSPS) is 11.1. The van der Waals surface area contributed by atoms with Gasteiger partial charge in [-0.3, -0.25) is 0 Å². The molecule has 0 saturated heterocycles. The van der Waals surface area contributed by atoms with Gasteiger partial charge in [-0.15, -0.1) is 0 Å². The summed E-state index contributed by atoms with van der Waals surface area (Å²) in [6.07, 6.45) is 1.50. The smallest absolute Gasteiger partial charge is 0.331 e. The molecule has 0 aliphatic heterocycles. The number of allylic oxidation sites excluding steroid dienone is 1. The van der Waals surface area contributed by atoms with Crippen molar-refractivity contribution in [2.75, 3.05) is 6.61 Å². The van der Waals surface area contributed by atoms with Gasteiger partial charge in [0, 0.05) is 6.08 Å². The first-order chi connectivity index (χ1) is 10.7. The maximum atomic E-state index is 11.4. The summed E-state index contributed by atoms with van der Waals surface area (Å²) >= 11 is 0. The zero-order valence-corrected chi connectivity index (χ0v) is 12.9. The van der Waals surface area contributed by atoms with Gasteiger partial charge in [0.05, 0.1) is 6.61 Å². The molecule has 2 rings (SSSR count). The van der Waals surface area contributed by atoms with E-state index in [1.54, 1.807) is 6.92 Å². The van der Waals surface area contributed by atoms with E-state index in [2.05, 4.69) is 0 Å². The first-order valence-corrected chi connectivity index (χ1v) is 7.31. The molecule has 0 saturated carbocycles. The Morgan fingerprint density at radius 3 is 2.36 bits per heavy atom. The summed E-state index contributed by atoms with van der Waals surface area (Å²) in [6, 6.07) is 17.7. The number of hydrogen-bond acceptors (Lipinski definition) is 3. The van der Waals surface area contributed by atoms with Crippen molar-refractivity contribution in [3.05, 3.63) is 71.8 Å². The fraction of sp³-hybridized carbons (Fsp3) is 0.211. The standard InChI is InChI=1S/C19H20O3/c1-3-21-19(20)13-15(2)17-9-11-18(12-10-17)22-14-16-7-5-4-6-8-16/h4-13H,3,14H2,1-2H3/b15-13+. The molecule has 0 aliphatic rings. The van der Waals surface area contributed by atoms with Gasteiger partial charge >= 0.3 is 5.97 Å². The van der Waals surface area contributed by atoms with Crippen molar-refractivity contribution in [3.63, 3.8) is 0 Å². The Balaban J connectivity index is 1.96. The number of rotatable bonds is 6. The second kappa shape index (κ2) is 8.03. The van der Waals surface area contributed by atoms with E-state index in [0.717, 1.165) is 22.4 Å². The number of benzene rings is 2. The highest BCUT2D eigenvalue weighted by molar-refractivity contribution is 5.90. The fourth-order valence-corrected chi connectivity index (χ4v) is 2.00. The lowest BCUT2D eigenvalue weighted by atomic mass is 10.1. The molecule has 0 fully saturated rings. The lowest BCUT2D eigenvalue weighted by Crippen LogP contribution is -2.00. The van der Waals surface area contributed by atoms with Crippen LogP contribution in [-0.4, -0.2) is 12.6 Å². The van der Waals surface area contributed by atoms with Crippen LogP contribution in [0.25, 0.3) is 5.57 Å². The van der Waals surface area contributed by atoms with Crippen LogP contribution in [0.3, 0.4) is 0 Å². The van der Waals surface area contributed by atoms with Gasteiger partial charge in [-0.25, -0.2) is 4.79 Å². The molecule has 0 heterocycles. The average Bonchev–Trinajstić information content (AvgIpc) is 2.54. The zero-order chi connectivity index (χ0) is 15.8. The van der Waals surface area contributed by atoms with E-state index in [0.29, 0.717) is 13.2 Å². The molecule has 0 radical (unpaired) electrons. The van der Waals surface area contributed by atoms with Gasteiger partial charge in [-0.2, -0.15) is 0 Å². The molecule has 0 bridgehead atoms. The van der Waals surface area contributed by atoms with Crippen molar-refractivity contribution in [2.45, 2.75) is 20.5 Å². The third kappa shape index (κ3) is 4.77. The van der Waals surface area contributed by atoms with Gasteiger partial charge in [0.25, 0.3) is 0 Å². The molecule has 22 heavy (non-hydrogen) atoms. The highest BCUT2D eigenvalue weighted by atomic mass is 16.5. The highest BCUT2D eigenvalue weighted by Gasteiger charge is 2.02. The molecule has 114 valence electrons. The third-order valence-electron chi connectivity index (χ3n) is 3.18. The van der Waals surface area contributed by atoms with Crippen molar-refractivity contribution in [3.8, 4) is 5.75 Å². The van der Waals surface area contributed by atoms with E-state index in [1.807, 2.05) is 61.5 Å². The van der Waals surface area contributed by atoms with Crippen LogP contribution >= 0.6 is 0 Å². The molecule has 2 aromatic carbocycles. The minimum absolute atomic E-state index is 0.315. The Kier molecular flexibility index (Phi) is 5.78. The van der Waals surface area contributed by atoms with Gasteiger partial charge in [0.1, 0.15) is 12.4 Å². The van der Waals surface area contributed by atoms with E-state index in [-0.39, 0.29) is 5.97 Å². The predicted octanol–water partition coefficient (Wildman–Crippen LogP) is 4.23. The summed E-state index contributed by atoms with van der Waals surface area (Å²) in [5.74, 6) is 0.487. The Morgan fingerprint density at radius 1 is 1.05 bits per heavy atom. The quantitative estimate of drug-likeness (QED) is 0.591. The molecule has 0 spiro atoms. The van der Waals surface area contributed by atoms with Crippen LogP contribution in [0.5, 0.6) is 5.75 Å². The van der Waals surface area contributed by atoms with Crippen LogP contribution in [0.2, 0.25) is 0 Å². The fourth-order valence-electron chi connectivity index (χ4n) is 2.00. The van der Waals surface area contributed by atoms with Crippen LogP contribution in [0.1, 0.15) is 25.0 Å². The second-order valence-corrected chi connectivity index (χ2v) is 4.88. The van der Waals surface area contributed by atoms with Gasteiger partial charge in [0.15, 0.2) is 0 Å². The molecular formula is C19H20O3. The maximum absolute atomic E-state index is 11.4. The average molecular weight is 296 g/mol. The summed E-state index contributed by atoms with van der Waals surface area (Å²) in [5, 5.41) is 0.